The summed E-state index contributed by atoms with van der Waals surface area (Å²) < 4.78 is 9.14. The van der Waals surface area contributed by atoms with Gasteiger partial charge in [-0.15, -0.1) is 53.6 Å². The first-order chi connectivity index (χ1) is 30.4. The Kier molecular flexibility index (Phi) is 12.3. The largest absolute Gasteiger partial charge is 0.509 e. The molecule has 0 atom stereocenters. The van der Waals surface area contributed by atoms with Gasteiger partial charge in [-0.2, -0.15) is 6.07 Å². The van der Waals surface area contributed by atoms with Crippen LogP contribution in [0.25, 0.3) is 49.9 Å². The van der Waals surface area contributed by atoms with E-state index in [2.05, 4.69) is 243 Å². The summed E-state index contributed by atoms with van der Waals surface area (Å²) in [6, 6.07) is 57.1. The van der Waals surface area contributed by atoms with Crippen molar-refractivity contribution in [3.8, 4) is 39.6 Å². The van der Waals surface area contributed by atoms with E-state index in [0.29, 0.717) is 17.4 Å². The van der Waals surface area contributed by atoms with E-state index < -0.39 is 0 Å². The van der Waals surface area contributed by atoms with Gasteiger partial charge in [0.1, 0.15) is 5.82 Å². The normalized spacial score (nSPS) is 13.6. The van der Waals surface area contributed by atoms with E-state index in [1.54, 1.807) is 0 Å². The average Bonchev–Trinajstić information content (AvgIpc) is 3.85. The van der Waals surface area contributed by atoms with Crippen LogP contribution in [0.5, 0.6) is 11.5 Å². The minimum absolute atomic E-state index is 0. The van der Waals surface area contributed by atoms with Crippen molar-refractivity contribution in [1.29, 1.82) is 0 Å². The molecule has 0 bridgehead atoms. The molecule has 0 unspecified atom stereocenters. The minimum atomic E-state index is -0.242. The predicted octanol–water partition coefficient (Wildman–Crippen LogP) is 16.1. The Hall–Kier alpha value is -5.90. The number of aromatic nitrogens is 2. The molecule has 6 aromatic carbocycles. The third-order valence-electron chi connectivity index (χ3n) is 12.2. The molecule has 0 saturated heterocycles. The van der Waals surface area contributed by atoms with Crippen LogP contribution in [-0.4, -0.2) is 9.55 Å². The molecule has 334 valence electrons. The van der Waals surface area contributed by atoms with Crippen molar-refractivity contribution in [2.75, 3.05) is 9.80 Å². The van der Waals surface area contributed by atoms with E-state index in [4.69, 9.17) is 9.72 Å². The molecule has 0 spiro atoms. The van der Waals surface area contributed by atoms with Crippen LogP contribution in [-0.2, 0) is 26.5 Å². The third kappa shape index (κ3) is 9.05. The molecule has 0 amide bonds. The summed E-state index contributed by atoms with van der Waals surface area (Å²) in [5.74, 6) is 2.41. The number of hydrogen-bond donors (Lipinski definition) is 0. The van der Waals surface area contributed by atoms with E-state index in [0.717, 1.165) is 50.1 Å². The Balaban J connectivity index is 0.00000576. The first-order valence-electron chi connectivity index (χ1n) is 22.6. The fraction of sp³-hybridized carbons (Fsp3) is 0.254. The quantitative estimate of drug-likeness (QED) is 0.142. The molecule has 9 rings (SSSR count). The Bertz CT molecular complexity index is 3030. The van der Waals surface area contributed by atoms with Crippen molar-refractivity contribution in [3.63, 3.8) is 0 Å². The molecular weight excluding hydrogens is 976 g/mol. The number of ether oxygens (including phenoxy) is 1. The van der Waals surface area contributed by atoms with Crippen LogP contribution in [0.1, 0.15) is 93.2 Å². The molecule has 0 fully saturated rings. The molecule has 6 heteroatoms. The summed E-state index contributed by atoms with van der Waals surface area (Å²) in [5, 5.41) is 2.23. The summed E-state index contributed by atoms with van der Waals surface area (Å²) in [4.78, 5) is 9.67. The van der Waals surface area contributed by atoms with E-state index in [9.17, 15) is 0 Å². The molecule has 2 aromatic heterocycles. The molecule has 0 saturated carbocycles. The van der Waals surface area contributed by atoms with Gasteiger partial charge in [0.15, 0.2) is 0 Å². The molecule has 3 heterocycles. The van der Waals surface area contributed by atoms with Gasteiger partial charge in [0, 0.05) is 72.2 Å². The van der Waals surface area contributed by atoms with Gasteiger partial charge in [-0.3, -0.25) is 0 Å². The van der Waals surface area contributed by atoms with Gasteiger partial charge in [0.05, 0.1) is 0 Å². The van der Waals surface area contributed by atoms with Gasteiger partial charge in [-0.1, -0.05) is 167 Å². The molecule has 5 nitrogen and oxygen atoms in total. The maximum Gasteiger partial charge on any atom is 0.135 e. The molecule has 8 aromatic rings. The van der Waals surface area contributed by atoms with Crippen LogP contribution < -0.4 is 14.5 Å². The van der Waals surface area contributed by atoms with Crippen LogP contribution in [0.15, 0.2) is 157 Å². The molecule has 1 aliphatic rings. The monoisotopic (exact) mass is 1030 g/mol. The molecule has 0 N–H and O–H groups in total. The number of para-hydroxylation sites is 1. The Morgan fingerprint density at radius 1 is 0.554 bits per heavy atom. The number of pyridine rings is 1. The smallest absolute Gasteiger partial charge is 0.135 e. The zero-order valence-electron chi connectivity index (χ0n) is 39.5. The topological polar surface area (TPSA) is 33.5 Å². The third-order valence-corrected chi connectivity index (χ3v) is 12.2. The summed E-state index contributed by atoms with van der Waals surface area (Å²) in [6.07, 6.45) is 1.91. The van der Waals surface area contributed by atoms with Gasteiger partial charge in [-0.05, 0) is 74.9 Å². The van der Waals surface area contributed by atoms with Crippen LogP contribution >= 0.6 is 0 Å². The molecule has 0 aliphatic carbocycles. The van der Waals surface area contributed by atoms with Gasteiger partial charge in [0.25, 0.3) is 0 Å². The number of allylic oxidation sites excluding steroid dienone is 2. The van der Waals surface area contributed by atoms with Crippen molar-refractivity contribution >= 4 is 33.2 Å². The SMILES string of the molecule is CC(C)c1cc(-c2ccccc2)cc(N2[CH-]N(c3[c-]c(Oc4[c-]c5c(cc4)c4ccccc4n5-c4cc(C(C)(C)C)ccn4)cc(-c4ccccc4)c3)C(C(C)(C)C)=C2C(C)(C)C)c1.[Pt]. The number of fused-ring (bicyclic) bond motifs is 3. The molecule has 0 radical (unpaired) electrons. The van der Waals surface area contributed by atoms with E-state index in [1.165, 1.54) is 33.6 Å². The van der Waals surface area contributed by atoms with Crippen molar-refractivity contribution in [2.24, 2.45) is 10.8 Å². The Labute approximate surface area is 401 Å². The number of hydrogen-bond acceptors (Lipinski definition) is 4. The summed E-state index contributed by atoms with van der Waals surface area (Å²) in [6.45, 7) is 27.4. The van der Waals surface area contributed by atoms with Crippen molar-refractivity contribution in [3.05, 3.63) is 187 Å². The van der Waals surface area contributed by atoms with E-state index >= 15 is 0 Å². The van der Waals surface area contributed by atoms with Gasteiger partial charge in [0.2, 0.25) is 0 Å². The number of rotatable bonds is 8. The Morgan fingerprint density at radius 3 is 1.80 bits per heavy atom. The number of anilines is 2. The maximum absolute atomic E-state index is 6.93. The minimum Gasteiger partial charge on any atom is -0.509 e. The summed E-state index contributed by atoms with van der Waals surface area (Å²) >= 11 is 0. The second-order valence-corrected chi connectivity index (χ2v) is 20.6. The van der Waals surface area contributed by atoms with E-state index in [1.807, 2.05) is 12.3 Å². The van der Waals surface area contributed by atoms with Crippen LogP contribution in [0.2, 0.25) is 0 Å². The summed E-state index contributed by atoms with van der Waals surface area (Å²) in [5.41, 5.74) is 13.0. The first kappa shape index (κ1) is 45.7. The standard InChI is InChI=1S/C59H59N4O.Pt/c1-39(2)42-30-43(40-20-14-12-15-21-40)32-46(31-42)61-38-62(56(59(9,10)11)55(61)58(6,7)8)47-33-44(41-22-16-13-17-23-41)34-49(36-47)64-48-26-27-51-50-24-18-19-25-52(50)63(53(51)37-48)54-35-45(28-29-60-54)57(3,4)5;/h12-35,38-39H,1-11H3;/q-3;. The fourth-order valence-electron chi connectivity index (χ4n) is 8.98. The van der Waals surface area contributed by atoms with Crippen LogP contribution in [0.4, 0.5) is 11.4 Å². The predicted molar refractivity (Wildman–Crippen MR) is 268 cm³/mol. The maximum atomic E-state index is 6.93. The van der Waals surface area contributed by atoms with E-state index in [-0.39, 0.29) is 37.3 Å². The van der Waals surface area contributed by atoms with Crippen LogP contribution in [0.3, 0.4) is 0 Å². The fourth-order valence-corrected chi connectivity index (χ4v) is 8.98. The second kappa shape index (κ2) is 17.5. The number of nitrogens with zero attached hydrogens (tertiary/aromatic N) is 4. The van der Waals surface area contributed by atoms with Crippen molar-refractivity contribution in [2.45, 2.75) is 87.5 Å². The molecular formula is C59H59N4OPt-3. The van der Waals surface area contributed by atoms with Gasteiger partial charge >= 0.3 is 0 Å². The first-order valence-corrected chi connectivity index (χ1v) is 22.6. The van der Waals surface area contributed by atoms with Crippen LogP contribution in [0, 0.1) is 29.6 Å². The summed E-state index contributed by atoms with van der Waals surface area (Å²) in [7, 11) is 0. The molecule has 65 heavy (non-hydrogen) atoms. The zero-order chi connectivity index (χ0) is 45.1. The van der Waals surface area contributed by atoms with Crippen molar-refractivity contribution in [1.82, 2.24) is 9.55 Å². The second-order valence-electron chi connectivity index (χ2n) is 20.6. The average molecular weight is 1040 g/mol. The number of benzene rings is 6. The molecule has 1 aliphatic heterocycles. The zero-order valence-corrected chi connectivity index (χ0v) is 41.8. The van der Waals surface area contributed by atoms with Crippen molar-refractivity contribution < 1.29 is 25.8 Å². The van der Waals surface area contributed by atoms with Gasteiger partial charge in [-0.25, -0.2) is 4.98 Å². The van der Waals surface area contributed by atoms with Gasteiger partial charge < -0.3 is 19.1 Å². The Morgan fingerprint density at radius 2 is 1.17 bits per heavy atom.